The Hall–Kier alpha value is -4.58. The van der Waals surface area contributed by atoms with Crippen molar-refractivity contribution in [3.05, 3.63) is 96.8 Å². The molecule has 0 aliphatic heterocycles. The molecule has 3 aromatic heterocycles. The summed E-state index contributed by atoms with van der Waals surface area (Å²) in [4.78, 5) is 14.5. The summed E-state index contributed by atoms with van der Waals surface area (Å²) in [6.45, 7) is 0. The Balaban J connectivity index is 1.64. The molecule has 0 fully saturated rings. The summed E-state index contributed by atoms with van der Waals surface area (Å²) < 4.78 is 23.1. The molecule has 0 spiro atoms. The highest BCUT2D eigenvalue weighted by Gasteiger charge is 2.23. The number of fused-ring (bicyclic) bond motifs is 5. The molecule has 6 heteroatoms. The van der Waals surface area contributed by atoms with Crippen molar-refractivity contribution < 1.29 is 8.81 Å². The normalized spacial score (nSPS) is 11.8. The number of nitrogens with zero attached hydrogens (tertiary/aromatic N) is 4. The Morgan fingerprint density at radius 1 is 0.697 bits per heavy atom. The van der Waals surface area contributed by atoms with Crippen molar-refractivity contribution in [1.29, 1.82) is 0 Å². The third-order valence-electron chi connectivity index (χ3n) is 5.90. The highest BCUT2D eigenvalue weighted by atomic mass is 19.1. The summed E-state index contributed by atoms with van der Waals surface area (Å²) in [5.41, 5.74) is 5.33. The van der Waals surface area contributed by atoms with Gasteiger partial charge in [0.05, 0.1) is 22.0 Å². The minimum absolute atomic E-state index is 0.330. The highest BCUT2D eigenvalue weighted by Crippen LogP contribution is 2.38. The molecule has 0 N–H and O–H groups in total. The van der Waals surface area contributed by atoms with Gasteiger partial charge in [-0.25, -0.2) is 19.3 Å². The number of furan rings is 1. The molecule has 0 aliphatic carbocycles. The first-order chi connectivity index (χ1) is 16.3. The van der Waals surface area contributed by atoms with E-state index in [1.807, 2.05) is 83.4 Å². The highest BCUT2D eigenvalue weighted by molar-refractivity contribution is 6.09. The van der Waals surface area contributed by atoms with E-state index < -0.39 is 0 Å². The lowest BCUT2D eigenvalue weighted by Gasteiger charge is -2.09. The molecule has 0 unspecified atom stereocenters. The van der Waals surface area contributed by atoms with Crippen LogP contribution in [0, 0.1) is 5.82 Å². The summed E-state index contributed by atoms with van der Waals surface area (Å²) >= 11 is 0. The largest absolute Gasteiger partial charge is 0.455 e. The van der Waals surface area contributed by atoms with Crippen LogP contribution in [-0.4, -0.2) is 19.5 Å². The first kappa shape index (κ1) is 18.0. The van der Waals surface area contributed by atoms with Gasteiger partial charge in [-0.15, -0.1) is 0 Å². The van der Waals surface area contributed by atoms with E-state index in [9.17, 15) is 4.39 Å². The smallest absolute Gasteiger partial charge is 0.199 e. The van der Waals surface area contributed by atoms with E-state index in [2.05, 4.69) is 0 Å². The Morgan fingerprint density at radius 3 is 2.27 bits per heavy atom. The third-order valence-corrected chi connectivity index (χ3v) is 5.90. The molecule has 7 rings (SSSR count). The first-order valence-electron chi connectivity index (χ1n) is 10.6. The van der Waals surface area contributed by atoms with E-state index in [0.717, 1.165) is 22.1 Å². The molecule has 3 heterocycles. The minimum atomic E-state index is -0.330. The van der Waals surface area contributed by atoms with Crippen LogP contribution >= 0.6 is 0 Å². The molecule has 7 aromatic rings. The maximum atomic E-state index is 15.0. The van der Waals surface area contributed by atoms with Gasteiger partial charge in [-0.05, 0) is 42.5 Å². The number of hydrogen-bond donors (Lipinski definition) is 0. The lowest BCUT2D eigenvalue weighted by atomic mass is 10.1. The zero-order valence-corrected chi connectivity index (χ0v) is 17.2. The SMILES string of the molecule is Fc1ccc(-c2nc3nc4ccccc4nc3n2-c2ccccc2)c2oc3ccccc3c12. The van der Waals surface area contributed by atoms with Crippen LogP contribution in [0.3, 0.4) is 0 Å². The monoisotopic (exact) mass is 430 g/mol. The van der Waals surface area contributed by atoms with Crippen LogP contribution in [0.5, 0.6) is 0 Å². The number of aromatic nitrogens is 4. The van der Waals surface area contributed by atoms with Gasteiger partial charge in [-0.3, -0.25) is 4.57 Å². The van der Waals surface area contributed by atoms with Crippen LogP contribution in [-0.2, 0) is 0 Å². The van der Waals surface area contributed by atoms with Crippen LogP contribution in [0.1, 0.15) is 0 Å². The molecule has 0 saturated heterocycles. The molecule has 156 valence electrons. The van der Waals surface area contributed by atoms with Crippen LogP contribution in [0.15, 0.2) is 95.4 Å². The fraction of sp³-hybridized carbons (Fsp3) is 0. The zero-order chi connectivity index (χ0) is 21.9. The summed E-state index contributed by atoms with van der Waals surface area (Å²) in [6, 6.07) is 28.2. The molecular weight excluding hydrogens is 415 g/mol. The van der Waals surface area contributed by atoms with E-state index in [1.165, 1.54) is 6.07 Å². The first-order valence-corrected chi connectivity index (χ1v) is 10.6. The van der Waals surface area contributed by atoms with Crippen molar-refractivity contribution in [2.24, 2.45) is 0 Å². The molecule has 0 bridgehead atoms. The topological polar surface area (TPSA) is 56.7 Å². The van der Waals surface area contributed by atoms with Crippen molar-refractivity contribution in [1.82, 2.24) is 19.5 Å². The van der Waals surface area contributed by atoms with Crippen LogP contribution < -0.4 is 0 Å². The average molecular weight is 430 g/mol. The standard InChI is InChI=1S/C27H15FN4O/c28-19-15-14-18(24-23(19)17-10-4-7-13-22(17)33-24)26-31-25-27(32(26)16-8-2-1-3-9-16)30-21-12-6-5-11-20(21)29-25/h1-15H. The van der Waals surface area contributed by atoms with Crippen LogP contribution in [0.4, 0.5) is 4.39 Å². The van der Waals surface area contributed by atoms with Crippen LogP contribution in [0.25, 0.3) is 61.3 Å². The second-order valence-corrected chi connectivity index (χ2v) is 7.86. The number of rotatable bonds is 2. The molecule has 0 aliphatic rings. The maximum absolute atomic E-state index is 15.0. The van der Waals surface area contributed by atoms with Gasteiger partial charge in [-0.1, -0.05) is 48.5 Å². The molecular formula is C27H15FN4O. The molecule has 33 heavy (non-hydrogen) atoms. The summed E-state index contributed by atoms with van der Waals surface area (Å²) in [7, 11) is 0. The molecule has 0 saturated carbocycles. The Kier molecular flexibility index (Phi) is 3.67. The van der Waals surface area contributed by atoms with Gasteiger partial charge in [0, 0.05) is 11.1 Å². The predicted molar refractivity (Wildman–Crippen MR) is 127 cm³/mol. The van der Waals surface area contributed by atoms with E-state index in [0.29, 0.717) is 39.2 Å². The van der Waals surface area contributed by atoms with Gasteiger partial charge >= 0.3 is 0 Å². The molecule has 4 aromatic carbocycles. The predicted octanol–water partition coefficient (Wildman–Crippen LogP) is 6.67. The molecule has 0 amide bonds. The second kappa shape index (κ2) is 6.71. The molecule has 5 nitrogen and oxygen atoms in total. The van der Waals surface area contributed by atoms with Crippen molar-refractivity contribution in [2.45, 2.75) is 0 Å². The third kappa shape index (κ3) is 2.61. The number of halogens is 1. The average Bonchev–Trinajstić information content (AvgIpc) is 3.42. The van der Waals surface area contributed by atoms with Crippen molar-refractivity contribution in [3.63, 3.8) is 0 Å². The van der Waals surface area contributed by atoms with Gasteiger partial charge in [0.1, 0.15) is 17.0 Å². The number of benzene rings is 4. The van der Waals surface area contributed by atoms with Gasteiger partial charge in [0.2, 0.25) is 0 Å². The second-order valence-electron chi connectivity index (χ2n) is 7.86. The summed E-state index contributed by atoms with van der Waals surface area (Å²) in [5.74, 6) is 0.263. The van der Waals surface area contributed by atoms with Gasteiger partial charge in [0.15, 0.2) is 17.1 Å². The molecule has 0 atom stereocenters. The van der Waals surface area contributed by atoms with E-state index >= 15 is 0 Å². The fourth-order valence-corrected chi connectivity index (χ4v) is 4.42. The van der Waals surface area contributed by atoms with Crippen molar-refractivity contribution in [2.75, 3.05) is 0 Å². The minimum Gasteiger partial charge on any atom is -0.455 e. The zero-order valence-electron chi connectivity index (χ0n) is 17.2. The lowest BCUT2D eigenvalue weighted by molar-refractivity contribution is 0.634. The van der Waals surface area contributed by atoms with E-state index in [1.54, 1.807) is 6.07 Å². The van der Waals surface area contributed by atoms with Crippen molar-refractivity contribution in [3.8, 4) is 17.1 Å². The van der Waals surface area contributed by atoms with Gasteiger partial charge in [0.25, 0.3) is 0 Å². The maximum Gasteiger partial charge on any atom is 0.199 e. The Morgan fingerprint density at radius 2 is 1.42 bits per heavy atom. The quantitative estimate of drug-likeness (QED) is 0.307. The van der Waals surface area contributed by atoms with Gasteiger partial charge in [-0.2, -0.15) is 0 Å². The number of hydrogen-bond acceptors (Lipinski definition) is 4. The Labute approximate surface area is 186 Å². The van der Waals surface area contributed by atoms with E-state index in [-0.39, 0.29) is 5.82 Å². The van der Waals surface area contributed by atoms with E-state index in [4.69, 9.17) is 19.4 Å². The lowest BCUT2D eigenvalue weighted by Crippen LogP contribution is -1.99. The summed E-state index contributed by atoms with van der Waals surface area (Å²) in [5, 5.41) is 1.18. The van der Waals surface area contributed by atoms with Gasteiger partial charge < -0.3 is 4.42 Å². The van der Waals surface area contributed by atoms with Crippen LogP contribution in [0.2, 0.25) is 0 Å². The van der Waals surface area contributed by atoms with Crippen molar-refractivity contribution >= 4 is 44.3 Å². The Bertz CT molecular complexity index is 1840. The summed E-state index contributed by atoms with van der Waals surface area (Å²) in [6.07, 6.45) is 0. The number of imidazole rings is 1. The number of para-hydroxylation sites is 4. The molecule has 0 radical (unpaired) electrons. The fourth-order valence-electron chi connectivity index (χ4n) is 4.42.